The first-order valence-corrected chi connectivity index (χ1v) is 7.06. The number of rotatable bonds is 4. The predicted octanol–water partition coefficient (Wildman–Crippen LogP) is 3.35. The highest BCUT2D eigenvalue weighted by atomic mass is 16.5. The van der Waals surface area contributed by atoms with Gasteiger partial charge in [-0.25, -0.2) is 4.79 Å². The summed E-state index contributed by atoms with van der Waals surface area (Å²) in [6.07, 6.45) is 5.73. The first kappa shape index (κ1) is 12.9. The Morgan fingerprint density at radius 2 is 2.20 bits per heavy atom. The Kier molecular flexibility index (Phi) is 3.30. The fourth-order valence-electron chi connectivity index (χ4n) is 2.23. The van der Waals surface area contributed by atoms with Crippen LogP contribution in [0.2, 0.25) is 0 Å². The quantitative estimate of drug-likeness (QED) is 0.854. The Balaban J connectivity index is 1.86. The first-order valence-electron chi connectivity index (χ1n) is 7.06. The van der Waals surface area contributed by atoms with Crippen molar-refractivity contribution in [2.45, 2.75) is 32.6 Å². The van der Waals surface area contributed by atoms with Gasteiger partial charge in [-0.15, -0.1) is 0 Å². The van der Waals surface area contributed by atoms with Crippen LogP contribution in [0, 0.1) is 5.92 Å². The number of allylic oxidation sites excluding steroid dienone is 1. The third-order valence-corrected chi connectivity index (χ3v) is 3.54. The lowest BCUT2D eigenvalue weighted by Crippen LogP contribution is -2.13. The molecule has 2 aliphatic rings. The Hall–Kier alpha value is -2.10. The van der Waals surface area contributed by atoms with Crippen LogP contribution in [0.3, 0.4) is 0 Å². The summed E-state index contributed by atoms with van der Waals surface area (Å²) in [7, 11) is 0. The fourth-order valence-corrected chi connectivity index (χ4v) is 2.23. The lowest BCUT2D eigenvalue weighted by molar-refractivity contribution is -0.117. The number of hydrogen-bond acceptors (Lipinski definition) is 3. The molecule has 0 unspecified atom stereocenters. The van der Waals surface area contributed by atoms with Gasteiger partial charge in [-0.2, -0.15) is 0 Å². The number of esters is 1. The number of ether oxygens (including phenoxy) is 1. The summed E-state index contributed by atoms with van der Waals surface area (Å²) in [6, 6.07) is 5.29. The Labute approximate surface area is 117 Å². The molecule has 0 radical (unpaired) electrons. The van der Waals surface area contributed by atoms with E-state index in [9.17, 15) is 9.59 Å². The standard InChI is InChI=1S/C16H17NO3/c1-2-3-4-14-13-9-11(17-15(18)10-5-6-10)7-8-12(13)16(19)20-14/h4,7-10H,2-3,5-6H2,1H3,(H,17,18)/b14-4-. The van der Waals surface area contributed by atoms with Gasteiger partial charge >= 0.3 is 5.97 Å². The van der Waals surface area contributed by atoms with Crippen LogP contribution in [0.1, 0.15) is 48.5 Å². The highest BCUT2D eigenvalue weighted by Gasteiger charge is 2.30. The summed E-state index contributed by atoms with van der Waals surface area (Å²) in [5.74, 6) is 0.516. The molecule has 1 heterocycles. The van der Waals surface area contributed by atoms with Gasteiger partial charge in [0.05, 0.1) is 5.56 Å². The van der Waals surface area contributed by atoms with Crippen molar-refractivity contribution >= 4 is 23.3 Å². The van der Waals surface area contributed by atoms with Crippen LogP contribution in [0.5, 0.6) is 0 Å². The fraction of sp³-hybridized carbons (Fsp3) is 0.375. The summed E-state index contributed by atoms with van der Waals surface area (Å²) in [6.45, 7) is 2.07. The van der Waals surface area contributed by atoms with Crippen LogP contribution in [0.15, 0.2) is 24.3 Å². The molecule has 1 fully saturated rings. The monoisotopic (exact) mass is 271 g/mol. The molecule has 4 nitrogen and oxygen atoms in total. The van der Waals surface area contributed by atoms with Gasteiger partial charge in [-0.1, -0.05) is 13.3 Å². The van der Waals surface area contributed by atoms with Gasteiger partial charge < -0.3 is 10.1 Å². The number of benzene rings is 1. The molecular weight excluding hydrogens is 254 g/mol. The van der Waals surface area contributed by atoms with Gasteiger partial charge in [-0.3, -0.25) is 4.79 Å². The number of amides is 1. The molecule has 1 N–H and O–H groups in total. The average molecular weight is 271 g/mol. The Morgan fingerprint density at radius 3 is 2.90 bits per heavy atom. The molecule has 4 heteroatoms. The molecule has 3 rings (SSSR count). The molecule has 0 saturated heterocycles. The van der Waals surface area contributed by atoms with Gasteiger partial charge in [-0.05, 0) is 43.5 Å². The van der Waals surface area contributed by atoms with Crippen molar-refractivity contribution < 1.29 is 14.3 Å². The summed E-state index contributed by atoms with van der Waals surface area (Å²) in [5, 5.41) is 2.89. The van der Waals surface area contributed by atoms with E-state index in [2.05, 4.69) is 12.2 Å². The summed E-state index contributed by atoms with van der Waals surface area (Å²) in [5.41, 5.74) is 2.06. The van der Waals surface area contributed by atoms with Crippen molar-refractivity contribution in [3.63, 3.8) is 0 Å². The zero-order valence-electron chi connectivity index (χ0n) is 11.4. The van der Waals surface area contributed by atoms with Crippen LogP contribution in [-0.4, -0.2) is 11.9 Å². The lowest BCUT2D eigenvalue weighted by atomic mass is 10.1. The van der Waals surface area contributed by atoms with Crippen LogP contribution >= 0.6 is 0 Å². The maximum atomic E-state index is 11.8. The molecule has 1 aliphatic carbocycles. The van der Waals surface area contributed by atoms with E-state index in [-0.39, 0.29) is 17.8 Å². The summed E-state index contributed by atoms with van der Waals surface area (Å²) in [4.78, 5) is 23.5. The van der Waals surface area contributed by atoms with Crippen molar-refractivity contribution in [3.8, 4) is 0 Å². The second-order valence-corrected chi connectivity index (χ2v) is 5.27. The smallest absolute Gasteiger partial charge is 0.344 e. The molecule has 1 saturated carbocycles. The van der Waals surface area contributed by atoms with Crippen LogP contribution in [0.25, 0.3) is 5.76 Å². The van der Waals surface area contributed by atoms with E-state index in [0.717, 1.165) is 36.9 Å². The molecule has 104 valence electrons. The molecule has 1 aromatic carbocycles. The number of carbonyl (C=O) groups excluding carboxylic acids is 2. The molecule has 0 bridgehead atoms. The highest BCUT2D eigenvalue weighted by molar-refractivity contribution is 6.04. The minimum atomic E-state index is -0.317. The zero-order chi connectivity index (χ0) is 14.1. The van der Waals surface area contributed by atoms with Crippen LogP contribution < -0.4 is 5.32 Å². The van der Waals surface area contributed by atoms with Crippen molar-refractivity contribution in [2.24, 2.45) is 5.92 Å². The average Bonchev–Trinajstić information content (AvgIpc) is 3.23. The van der Waals surface area contributed by atoms with Gasteiger partial charge in [0.25, 0.3) is 0 Å². The first-order chi connectivity index (χ1) is 9.69. The van der Waals surface area contributed by atoms with Crippen LogP contribution in [0.4, 0.5) is 5.69 Å². The van der Waals surface area contributed by atoms with Crippen LogP contribution in [-0.2, 0) is 9.53 Å². The molecule has 0 spiro atoms. The van der Waals surface area contributed by atoms with E-state index in [4.69, 9.17) is 4.74 Å². The molecule has 1 aromatic rings. The third kappa shape index (κ3) is 2.46. The minimum absolute atomic E-state index is 0.0641. The SMILES string of the molecule is CCC/C=C1\OC(=O)c2ccc(NC(=O)C3CC3)cc21. The number of fused-ring (bicyclic) bond motifs is 1. The summed E-state index contributed by atoms with van der Waals surface area (Å²) >= 11 is 0. The van der Waals surface area contributed by atoms with E-state index < -0.39 is 0 Å². The van der Waals surface area contributed by atoms with Gasteiger partial charge in [0.15, 0.2) is 0 Å². The maximum Gasteiger partial charge on any atom is 0.344 e. The van der Waals surface area contributed by atoms with Crippen molar-refractivity contribution in [3.05, 3.63) is 35.4 Å². The second kappa shape index (κ2) is 5.12. The Morgan fingerprint density at radius 1 is 1.40 bits per heavy atom. The third-order valence-electron chi connectivity index (χ3n) is 3.54. The zero-order valence-corrected chi connectivity index (χ0v) is 11.4. The number of unbranched alkanes of at least 4 members (excludes halogenated alkanes) is 1. The number of nitrogens with one attached hydrogen (secondary N) is 1. The van der Waals surface area contributed by atoms with Crippen molar-refractivity contribution in [2.75, 3.05) is 5.32 Å². The van der Waals surface area contributed by atoms with E-state index in [1.165, 1.54) is 0 Å². The van der Waals surface area contributed by atoms with E-state index in [1.807, 2.05) is 12.1 Å². The second-order valence-electron chi connectivity index (χ2n) is 5.27. The largest absolute Gasteiger partial charge is 0.423 e. The van der Waals surface area contributed by atoms with Gasteiger partial charge in [0.1, 0.15) is 5.76 Å². The van der Waals surface area contributed by atoms with E-state index >= 15 is 0 Å². The van der Waals surface area contributed by atoms with Crippen molar-refractivity contribution in [1.82, 2.24) is 0 Å². The molecular formula is C16H17NO3. The molecule has 0 atom stereocenters. The molecule has 1 aliphatic heterocycles. The number of cyclic esters (lactones) is 1. The molecule has 20 heavy (non-hydrogen) atoms. The predicted molar refractivity (Wildman–Crippen MR) is 76.1 cm³/mol. The number of hydrogen-bond donors (Lipinski definition) is 1. The molecule has 0 aromatic heterocycles. The topological polar surface area (TPSA) is 55.4 Å². The van der Waals surface area contributed by atoms with Crippen molar-refractivity contribution in [1.29, 1.82) is 0 Å². The normalized spacial score (nSPS) is 18.9. The number of anilines is 1. The minimum Gasteiger partial charge on any atom is -0.423 e. The maximum absolute atomic E-state index is 11.8. The van der Waals surface area contributed by atoms with Gasteiger partial charge in [0, 0.05) is 17.2 Å². The Bertz CT molecular complexity index is 600. The lowest BCUT2D eigenvalue weighted by Gasteiger charge is -2.05. The van der Waals surface area contributed by atoms with E-state index in [0.29, 0.717) is 11.3 Å². The summed E-state index contributed by atoms with van der Waals surface area (Å²) < 4.78 is 5.26. The number of carbonyl (C=O) groups is 2. The molecule has 1 amide bonds. The van der Waals surface area contributed by atoms with E-state index in [1.54, 1.807) is 12.1 Å². The van der Waals surface area contributed by atoms with Gasteiger partial charge in [0.2, 0.25) is 5.91 Å². The highest BCUT2D eigenvalue weighted by Crippen LogP contribution is 2.34.